The van der Waals surface area contributed by atoms with E-state index >= 15 is 0 Å². The smallest absolute Gasteiger partial charge is 0.416 e. The first-order valence-corrected chi connectivity index (χ1v) is 7.23. The van der Waals surface area contributed by atoms with E-state index in [0.717, 1.165) is 25.3 Å². The Hall–Kier alpha value is -3.23. The van der Waals surface area contributed by atoms with Crippen LogP contribution in [0.3, 0.4) is 0 Å². The number of halogens is 3. The van der Waals surface area contributed by atoms with Gasteiger partial charge in [-0.15, -0.1) is 0 Å². The van der Waals surface area contributed by atoms with Crippen molar-refractivity contribution in [2.24, 2.45) is 0 Å². The number of rotatable bonds is 4. The predicted molar refractivity (Wildman–Crippen MR) is 83.7 cm³/mol. The second kappa shape index (κ2) is 7.34. The SMILES string of the molecule is COC(=O)c1ccc(C(=O)NCc2ccccc2C(F)(F)F)c(O)c1O. The van der Waals surface area contributed by atoms with Gasteiger partial charge >= 0.3 is 12.1 Å². The van der Waals surface area contributed by atoms with E-state index in [4.69, 9.17) is 0 Å². The molecule has 138 valence electrons. The Balaban J connectivity index is 2.22. The fourth-order valence-electron chi connectivity index (χ4n) is 2.26. The number of methoxy groups -OCH3 is 1. The first-order valence-electron chi connectivity index (χ1n) is 7.23. The molecule has 0 aliphatic carbocycles. The summed E-state index contributed by atoms with van der Waals surface area (Å²) in [4.78, 5) is 23.5. The lowest BCUT2D eigenvalue weighted by Gasteiger charge is -2.14. The Morgan fingerprint density at radius 2 is 1.62 bits per heavy atom. The summed E-state index contributed by atoms with van der Waals surface area (Å²) in [5.41, 5.74) is -1.82. The zero-order chi connectivity index (χ0) is 19.5. The number of benzene rings is 2. The Morgan fingerprint density at radius 3 is 2.23 bits per heavy atom. The number of hydrogen-bond donors (Lipinski definition) is 3. The van der Waals surface area contributed by atoms with E-state index in [1.54, 1.807) is 0 Å². The molecule has 26 heavy (non-hydrogen) atoms. The van der Waals surface area contributed by atoms with Crippen molar-refractivity contribution in [3.05, 3.63) is 58.7 Å². The molecule has 3 N–H and O–H groups in total. The summed E-state index contributed by atoms with van der Waals surface area (Å²) in [5, 5.41) is 21.9. The van der Waals surface area contributed by atoms with E-state index in [-0.39, 0.29) is 11.1 Å². The van der Waals surface area contributed by atoms with Crippen LogP contribution in [-0.2, 0) is 17.5 Å². The lowest BCUT2D eigenvalue weighted by Crippen LogP contribution is -2.24. The summed E-state index contributed by atoms with van der Waals surface area (Å²) in [7, 11) is 1.07. The number of esters is 1. The van der Waals surface area contributed by atoms with Crippen molar-refractivity contribution < 1.29 is 37.7 Å². The molecule has 0 aliphatic heterocycles. The minimum absolute atomic E-state index is 0.164. The molecule has 6 nitrogen and oxygen atoms in total. The van der Waals surface area contributed by atoms with Gasteiger partial charge in [-0.3, -0.25) is 4.79 Å². The zero-order valence-corrected chi connectivity index (χ0v) is 13.4. The molecule has 0 atom stereocenters. The van der Waals surface area contributed by atoms with Crippen molar-refractivity contribution in [3.8, 4) is 11.5 Å². The molecule has 1 amide bonds. The van der Waals surface area contributed by atoms with Gasteiger partial charge in [0.2, 0.25) is 0 Å². The molecule has 0 fully saturated rings. The minimum atomic E-state index is -4.58. The van der Waals surface area contributed by atoms with Crippen LogP contribution in [0.15, 0.2) is 36.4 Å². The number of phenols is 2. The van der Waals surface area contributed by atoms with Crippen molar-refractivity contribution in [2.75, 3.05) is 7.11 Å². The lowest BCUT2D eigenvalue weighted by molar-refractivity contribution is -0.138. The van der Waals surface area contributed by atoms with Gasteiger partial charge < -0.3 is 20.3 Å². The second-order valence-corrected chi connectivity index (χ2v) is 5.19. The zero-order valence-electron chi connectivity index (χ0n) is 13.4. The monoisotopic (exact) mass is 369 g/mol. The van der Waals surface area contributed by atoms with Crippen molar-refractivity contribution in [1.82, 2.24) is 5.32 Å². The van der Waals surface area contributed by atoms with Crippen LogP contribution >= 0.6 is 0 Å². The predicted octanol–water partition coefficient (Wildman–Crippen LogP) is 2.83. The molecule has 0 bridgehead atoms. The molecule has 0 aromatic heterocycles. The molecule has 0 radical (unpaired) electrons. The van der Waals surface area contributed by atoms with Gasteiger partial charge in [0.05, 0.1) is 18.2 Å². The highest BCUT2D eigenvalue weighted by molar-refractivity contribution is 6.01. The van der Waals surface area contributed by atoms with Gasteiger partial charge in [-0.2, -0.15) is 13.2 Å². The molecule has 9 heteroatoms. The number of aromatic hydroxyl groups is 2. The highest BCUT2D eigenvalue weighted by atomic mass is 19.4. The van der Waals surface area contributed by atoms with Crippen LogP contribution in [0, 0.1) is 0 Å². The van der Waals surface area contributed by atoms with E-state index in [9.17, 15) is 33.0 Å². The van der Waals surface area contributed by atoms with Crippen LogP contribution in [0.1, 0.15) is 31.8 Å². The molecule has 0 heterocycles. The normalized spacial score (nSPS) is 11.1. The van der Waals surface area contributed by atoms with Crippen molar-refractivity contribution in [1.29, 1.82) is 0 Å². The number of alkyl halides is 3. The fraction of sp³-hybridized carbons (Fsp3) is 0.176. The van der Waals surface area contributed by atoms with Gasteiger partial charge in [-0.1, -0.05) is 18.2 Å². The number of hydrogen-bond acceptors (Lipinski definition) is 5. The number of nitrogens with one attached hydrogen (secondary N) is 1. The summed E-state index contributed by atoms with van der Waals surface area (Å²) < 4.78 is 43.2. The number of carbonyl (C=O) groups excluding carboxylic acids is 2. The maximum Gasteiger partial charge on any atom is 0.416 e. The van der Waals surface area contributed by atoms with Gasteiger partial charge in [0.15, 0.2) is 11.5 Å². The Morgan fingerprint density at radius 1 is 1.04 bits per heavy atom. The third-order valence-electron chi connectivity index (χ3n) is 3.56. The number of carbonyl (C=O) groups is 2. The van der Waals surface area contributed by atoms with Crippen LogP contribution in [0.25, 0.3) is 0 Å². The molecule has 0 unspecified atom stereocenters. The summed E-state index contributed by atoms with van der Waals surface area (Å²) in [5.74, 6) is -3.59. The number of phenolic OH excluding ortho intramolecular Hbond substituents is 2. The molecule has 0 saturated heterocycles. The van der Waals surface area contributed by atoms with E-state index in [0.29, 0.717) is 0 Å². The van der Waals surface area contributed by atoms with Crippen LogP contribution in [0.4, 0.5) is 13.2 Å². The minimum Gasteiger partial charge on any atom is -0.504 e. The van der Waals surface area contributed by atoms with E-state index in [2.05, 4.69) is 10.1 Å². The van der Waals surface area contributed by atoms with Crippen LogP contribution in [0.5, 0.6) is 11.5 Å². The first-order chi connectivity index (χ1) is 12.2. The summed E-state index contributed by atoms with van der Waals surface area (Å²) in [6, 6.07) is 6.82. The van der Waals surface area contributed by atoms with E-state index in [1.165, 1.54) is 18.2 Å². The molecule has 2 aromatic carbocycles. The Kier molecular flexibility index (Phi) is 5.39. The van der Waals surface area contributed by atoms with Gasteiger partial charge in [0.1, 0.15) is 5.56 Å². The average Bonchev–Trinajstić information content (AvgIpc) is 2.60. The third-order valence-corrected chi connectivity index (χ3v) is 3.56. The third kappa shape index (κ3) is 3.88. The maximum atomic E-state index is 12.9. The van der Waals surface area contributed by atoms with Crippen molar-refractivity contribution >= 4 is 11.9 Å². The van der Waals surface area contributed by atoms with E-state index in [1.807, 2.05) is 0 Å². The molecule has 2 aromatic rings. The summed E-state index contributed by atoms with van der Waals surface area (Å²) >= 11 is 0. The largest absolute Gasteiger partial charge is 0.504 e. The van der Waals surface area contributed by atoms with Crippen LogP contribution < -0.4 is 5.32 Å². The second-order valence-electron chi connectivity index (χ2n) is 5.19. The van der Waals surface area contributed by atoms with Gasteiger partial charge in [0, 0.05) is 6.54 Å². The Bertz CT molecular complexity index is 849. The van der Waals surface area contributed by atoms with Gasteiger partial charge in [0.25, 0.3) is 5.91 Å². The molecule has 0 spiro atoms. The molecular weight excluding hydrogens is 355 g/mol. The highest BCUT2D eigenvalue weighted by Crippen LogP contribution is 2.34. The first kappa shape index (κ1) is 19.1. The standard InChI is InChI=1S/C17H14F3NO5/c1-26-16(25)11-7-6-10(13(22)14(11)23)15(24)21-8-9-4-2-3-5-12(9)17(18,19)20/h2-7,22-23H,8H2,1H3,(H,21,24). The van der Waals surface area contributed by atoms with Crippen LogP contribution in [-0.4, -0.2) is 29.2 Å². The van der Waals surface area contributed by atoms with Crippen molar-refractivity contribution in [2.45, 2.75) is 12.7 Å². The Labute approximate surface area is 145 Å². The maximum absolute atomic E-state index is 12.9. The molecular formula is C17H14F3NO5. The number of amides is 1. The van der Waals surface area contributed by atoms with Crippen LogP contribution in [0.2, 0.25) is 0 Å². The fourth-order valence-corrected chi connectivity index (χ4v) is 2.26. The van der Waals surface area contributed by atoms with Crippen molar-refractivity contribution in [3.63, 3.8) is 0 Å². The highest BCUT2D eigenvalue weighted by Gasteiger charge is 2.33. The topological polar surface area (TPSA) is 95.9 Å². The lowest BCUT2D eigenvalue weighted by atomic mass is 10.1. The average molecular weight is 369 g/mol. The molecule has 0 aliphatic rings. The van der Waals surface area contributed by atoms with Gasteiger partial charge in [-0.25, -0.2) is 4.79 Å². The summed E-state index contributed by atoms with van der Waals surface area (Å²) in [6.45, 7) is -0.451. The molecule has 2 rings (SSSR count). The van der Waals surface area contributed by atoms with E-state index < -0.39 is 47.2 Å². The molecule has 0 saturated carbocycles. The van der Waals surface area contributed by atoms with Gasteiger partial charge in [-0.05, 0) is 23.8 Å². The number of ether oxygens (including phenoxy) is 1. The quantitative estimate of drug-likeness (QED) is 0.569. The summed E-state index contributed by atoms with van der Waals surface area (Å²) in [6.07, 6.45) is -4.58.